The first-order valence-corrected chi connectivity index (χ1v) is 12.5. The zero-order valence-electron chi connectivity index (χ0n) is 19.8. The van der Waals surface area contributed by atoms with E-state index in [1.165, 1.54) is 10.5 Å². The molecular formula is C28H26ClNO4S. The summed E-state index contributed by atoms with van der Waals surface area (Å²) in [5, 5.41) is 0.0760. The Bertz CT molecular complexity index is 1290. The van der Waals surface area contributed by atoms with Crippen LogP contribution >= 0.6 is 23.4 Å². The molecule has 4 rings (SSSR count). The van der Waals surface area contributed by atoms with E-state index in [2.05, 4.69) is 0 Å². The molecule has 0 spiro atoms. The number of imide groups is 1. The highest BCUT2D eigenvalue weighted by molar-refractivity contribution is 8.18. The predicted molar refractivity (Wildman–Crippen MR) is 141 cm³/mol. The summed E-state index contributed by atoms with van der Waals surface area (Å²) in [5.41, 5.74) is 4.82. The lowest BCUT2D eigenvalue weighted by atomic mass is 10.1. The number of halogens is 1. The third-order valence-corrected chi connectivity index (χ3v) is 6.78. The zero-order valence-corrected chi connectivity index (χ0v) is 21.4. The molecule has 1 fully saturated rings. The molecule has 0 atom stereocenters. The van der Waals surface area contributed by atoms with Crippen molar-refractivity contribution in [1.29, 1.82) is 0 Å². The molecule has 7 heteroatoms. The topological polar surface area (TPSA) is 55.8 Å². The van der Waals surface area contributed by atoms with Crippen molar-refractivity contribution in [1.82, 2.24) is 4.90 Å². The highest BCUT2D eigenvalue weighted by atomic mass is 35.5. The molecule has 1 aliphatic rings. The van der Waals surface area contributed by atoms with Crippen LogP contribution in [0.4, 0.5) is 4.79 Å². The maximum absolute atomic E-state index is 13.0. The van der Waals surface area contributed by atoms with Gasteiger partial charge >= 0.3 is 0 Å². The highest BCUT2D eigenvalue weighted by Gasteiger charge is 2.35. The molecule has 0 N–H and O–H groups in total. The molecule has 3 aromatic rings. The Morgan fingerprint density at radius 3 is 2.46 bits per heavy atom. The number of thioether (sulfide) groups is 1. The molecule has 0 saturated carbocycles. The average molecular weight is 508 g/mol. The van der Waals surface area contributed by atoms with Crippen LogP contribution in [-0.4, -0.2) is 22.7 Å². The number of rotatable bonds is 8. The fourth-order valence-electron chi connectivity index (χ4n) is 3.66. The van der Waals surface area contributed by atoms with Crippen LogP contribution in [0.3, 0.4) is 0 Å². The van der Waals surface area contributed by atoms with E-state index in [-0.39, 0.29) is 17.7 Å². The molecule has 35 heavy (non-hydrogen) atoms. The van der Waals surface area contributed by atoms with E-state index in [4.69, 9.17) is 21.1 Å². The largest absolute Gasteiger partial charge is 0.490 e. The minimum atomic E-state index is -0.322. The molecule has 1 heterocycles. The minimum Gasteiger partial charge on any atom is -0.490 e. The maximum Gasteiger partial charge on any atom is 0.293 e. The smallest absolute Gasteiger partial charge is 0.293 e. The SMILES string of the molecule is CCOc1cc(/C=C2\SC(=O)N(Cc3ccccc3C)C2=O)cc(Cl)c1OCc1ccc(C)cc1. The summed E-state index contributed by atoms with van der Waals surface area (Å²) in [6.07, 6.45) is 1.67. The third kappa shape index (κ3) is 5.89. The predicted octanol–water partition coefficient (Wildman–Crippen LogP) is 7.17. The maximum atomic E-state index is 13.0. The minimum absolute atomic E-state index is 0.241. The molecule has 0 unspecified atom stereocenters. The van der Waals surface area contributed by atoms with Gasteiger partial charge in [-0.2, -0.15) is 0 Å². The molecule has 5 nitrogen and oxygen atoms in total. The van der Waals surface area contributed by atoms with Crippen LogP contribution in [0.25, 0.3) is 6.08 Å². The number of carbonyl (C=O) groups is 2. The normalized spacial score (nSPS) is 14.6. The molecule has 0 bridgehead atoms. The lowest BCUT2D eigenvalue weighted by Gasteiger charge is -2.15. The summed E-state index contributed by atoms with van der Waals surface area (Å²) >= 11 is 7.49. The lowest BCUT2D eigenvalue weighted by Crippen LogP contribution is -2.27. The first-order valence-electron chi connectivity index (χ1n) is 11.3. The molecule has 1 saturated heterocycles. The molecule has 0 aromatic heterocycles. The number of hydrogen-bond acceptors (Lipinski definition) is 5. The number of hydrogen-bond donors (Lipinski definition) is 0. The van der Waals surface area contributed by atoms with E-state index in [0.29, 0.717) is 40.2 Å². The number of aryl methyl sites for hydroxylation is 2. The van der Waals surface area contributed by atoms with Gasteiger partial charge < -0.3 is 9.47 Å². The van der Waals surface area contributed by atoms with Gasteiger partial charge in [-0.15, -0.1) is 0 Å². The summed E-state index contributed by atoms with van der Waals surface area (Å²) in [4.78, 5) is 27.2. The van der Waals surface area contributed by atoms with Crippen LogP contribution in [0, 0.1) is 13.8 Å². The van der Waals surface area contributed by atoms with E-state index in [9.17, 15) is 9.59 Å². The van der Waals surface area contributed by atoms with Gasteiger partial charge in [0, 0.05) is 0 Å². The average Bonchev–Trinajstić information content (AvgIpc) is 3.08. The van der Waals surface area contributed by atoms with Crippen LogP contribution in [0.15, 0.2) is 65.6 Å². The van der Waals surface area contributed by atoms with Crippen molar-refractivity contribution in [3.8, 4) is 11.5 Å². The van der Waals surface area contributed by atoms with E-state index in [1.807, 2.05) is 69.3 Å². The number of nitrogens with zero attached hydrogens (tertiary/aromatic N) is 1. The molecule has 1 aliphatic heterocycles. The van der Waals surface area contributed by atoms with Crippen LogP contribution in [0.5, 0.6) is 11.5 Å². The first kappa shape index (κ1) is 24.9. The van der Waals surface area contributed by atoms with Gasteiger partial charge in [0.1, 0.15) is 6.61 Å². The van der Waals surface area contributed by atoms with Crippen LogP contribution in [0.1, 0.15) is 34.7 Å². The Labute approximate surface area is 214 Å². The Morgan fingerprint density at radius 1 is 1.00 bits per heavy atom. The van der Waals surface area contributed by atoms with Crippen molar-refractivity contribution in [2.45, 2.75) is 33.9 Å². The van der Waals surface area contributed by atoms with E-state index >= 15 is 0 Å². The van der Waals surface area contributed by atoms with Crippen molar-refractivity contribution in [3.05, 3.63) is 98.4 Å². The van der Waals surface area contributed by atoms with Gasteiger partial charge in [0.2, 0.25) is 0 Å². The van der Waals surface area contributed by atoms with Gasteiger partial charge in [0.25, 0.3) is 11.1 Å². The summed E-state index contributed by atoms with van der Waals surface area (Å²) in [7, 11) is 0. The fourth-order valence-corrected chi connectivity index (χ4v) is 4.77. The second-order valence-corrected chi connectivity index (χ2v) is 9.63. The molecular weight excluding hydrogens is 482 g/mol. The van der Waals surface area contributed by atoms with Crippen LogP contribution in [0.2, 0.25) is 5.02 Å². The number of benzene rings is 3. The van der Waals surface area contributed by atoms with E-state index < -0.39 is 0 Å². The Balaban J connectivity index is 1.55. The van der Waals surface area contributed by atoms with Crippen molar-refractivity contribution < 1.29 is 19.1 Å². The second kappa shape index (κ2) is 11.0. The van der Waals surface area contributed by atoms with Crippen LogP contribution in [-0.2, 0) is 17.9 Å². The number of ether oxygens (including phenoxy) is 2. The van der Waals surface area contributed by atoms with Gasteiger partial charge in [-0.05, 0) is 73.0 Å². The second-order valence-electron chi connectivity index (χ2n) is 8.23. The Morgan fingerprint density at radius 2 is 1.74 bits per heavy atom. The Hall–Kier alpha value is -3.22. The summed E-state index contributed by atoms with van der Waals surface area (Å²) < 4.78 is 11.8. The summed E-state index contributed by atoms with van der Waals surface area (Å²) in [5.74, 6) is 0.605. The van der Waals surface area contributed by atoms with E-state index in [0.717, 1.165) is 28.5 Å². The first-order chi connectivity index (χ1) is 16.9. The zero-order chi connectivity index (χ0) is 24.9. The van der Waals surface area contributed by atoms with Gasteiger partial charge in [-0.3, -0.25) is 14.5 Å². The lowest BCUT2D eigenvalue weighted by molar-refractivity contribution is -0.123. The van der Waals surface area contributed by atoms with Crippen molar-refractivity contribution in [3.63, 3.8) is 0 Å². The fraction of sp³-hybridized carbons (Fsp3) is 0.214. The number of amides is 2. The van der Waals surface area contributed by atoms with Crippen molar-refractivity contribution in [2.24, 2.45) is 0 Å². The highest BCUT2D eigenvalue weighted by Crippen LogP contribution is 2.40. The standard InChI is InChI=1S/C28H26ClNO4S/c1-4-33-24-14-21(13-23(29)26(24)34-17-20-11-9-18(2)10-12-20)15-25-27(31)30(28(32)35-25)16-22-8-6-5-7-19(22)3/h5-15H,4,16-17H2,1-3H3/b25-15-. The third-order valence-electron chi connectivity index (χ3n) is 5.60. The summed E-state index contributed by atoms with van der Waals surface area (Å²) in [6.45, 7) is 6.88. The van der Waals surface area contributed by atoms with Gasteiger partial charge in [-0.25, -0.2) is 0 Å². The monoisotopic (exact) mass is 507 g/mol. The van der Waals surface area contributed by atoms with Gasteiger partial charge in [0.15, 0.2) is 11.5 Å². The quantitative estimate of drug-likeness (QED) is 0.302. The molecule has 180 valence electrons. The van der Waals surface area contributed by atoms with Crippen molar-refractivity contribution in [2.75, 3.05) is 6.61 Å². The van der Waals surface area contributed by atoms with Crippen molar-refractivity contribution >= 4 is 40.6 Å². The molecule has 0 aliphatic carbocycles. The summed E-state index contributed by atoms with van der Waals surface area (Å²) in [6, 6.07) is 19.3. The molecule has 3 aromatic carbocycles. The van der Waals surface area contributed by atoms with Crippen LogP contribution < -0.4 is 9.47 Å². The molecule has 0 radical (unpaired) electrons. The Kier molecular flexibility index (Phi) is 7.83. The van der Waals surface area contributed by atoms with Gasteiger partial charge in [-0.1, -0.05) is 65.7 Å². The number of carbonyl (C=O) groups excluding carboxylic acids is 2. The molecule has 2 amide bonds. The van der Waals surface area contributed by atoms with Gasteiger partial charge in [0.05, 0.1) is 23.1 Å². The van der Waals surface area contributed by atoms with E-state index in [1.54, 1.807) is 18.2 Å².